The third kappa shape index (κ3) is 4.60. The zero-order chi connectivity index (χ0) is 29.8. The predicted octanol–water partition coefficient (Wildman–Crippen LogP) is 2.96. The maximum absolute atomic E-state index is 13.6. The van der Waals surface area contributed by atoms with Crippen molar-refractivity contribution in [1.29, 1.82) is 0 Å². The van der Waals surface area contributed by atoms with Crippen LogP contribution in [0.5, 0.6) is 0 Å². The number of ether oxygens (including phenoxy) is 2. The number of carbonyl (C=O) groups is 2. The lowest BCUT2D eigenvalue weighted by Crippen LogP contribution is -2.53. The topological polar surface area (TPSA) is 153 Å². The molecule has 0 radical (unpaired) electrons. The van der Waals surface area contributed by atoms with E-state index in [1.54, 1.807) is 0 Å². The Labute approximate surface area is 234 Å². The summed E-state index contributed by atoms with van der Waals surface area (Å²) in [5.41, 5.74) is -0.603. The Morgan fingerprint density at radius 1 is 0.951 bits per heavy atom. The van der Waals surface area contributed by atoms with Crippen molar-refractivity contribution in [1.82, 2.24) is 0 Å². The quantitative estimate of drug-likeness (QED) is 0.116. The number of hydrogen-bond acceptors (Lipinski definition) is 10. The van der Waals surface area contributed by atoms with Crippen molar-refractivity contribution in [3.63, 3.8) is 0 Å². The Balaban J connectivity index is 1.09. The van der Waals surface area contributed by atoms with Gasteiger partial charge in [-0.15, -0.1) is 0 Å². The zero-order valence-corrected chi connectivity index (χ0v) is 23.5. The van der Waals surface area contributed by atoms with Crippen LogP contribution < -0.4 is 0 Å². The van der Waals surface area contributed by atoms with Gasteiger partial charge >= 0.3 is 23.1 Å². The number of unbranched alkanes of at least 4 members (excludes halogenated alkanes) is 1. The molecule has 1 aliphatic heterocycles. The normalized spacial score (nSPS) is 42.0. The molecule has 6 atom stereocenters. The van der Waals surface area contributed by atoms with Gasteiger partial charge in [0.2, 0.25) is 0 Å². The molecule has 0 aromatic carbocycles. The number of hydrogen-bond donors (Lipinski definition) is 0. The Bertz CT molecular complexity index is 1300. The number of fused-ring (bicyclic) bond motifs is 1. The Hall–Kier alpha value is -1.52. The van der Waals surface area contributed by atoms with Gasteiger partial charge in [0.1, 0.15) is 17.5 Å². The van der Waals surface area contributed by atoms with Crippen LogP contribution in [0.2, 0.25) is 0 Å². The predicted molar refractivity (Wildman–Crippen MR) is 128 cm³/mol. The molecule has 0 N–H and O–H groups in total. The maximum atomic E-state index is 13.6. The summed E-state index contributed by atoms with van der Waals surface area (Å²) in [5, 5.41) is -7.00. The minimum Gasteiger partial charge on any atom is -0.743 e. The Morgan fingerprint density at radius 2 is 1.54 bits per heavy atom. The van der Waals surface area contributed by atoms with Crippen LogP contribution in [0.4, 0.5) is 17.6 Å². The molecule has 232 valence electrons. The molecule has 6 unspecified atom stereocenters. The molecule has 41 heavy (non-hydrogen) atoms. The number of esters is 2. The molecule has 7 aliphatic rings. The van der Waals surface area contributed by atoms with Gasteiger partial charge in [0.25, 0.3) is 10.1 Å². The van der Waals surface area contributed by atoms with E-state index >= 15 is 0 Å². The lowest BCUT2D eigenvalue weighted by Gasteiger charge is -2.55. The van der Waals surface area contributed by atoms with E-state index in [9.17, 15) is 48.5 Å². The molecule has 7 fully saturated rings. The SMILES string of the molecule is O=C(OCCCCC(F)(F)C(F)(F)S(=O)(=O)[O-])C1C2CC3C(OS(=O)(=O)C31)C2OC(=O)C12CC3CC(CC(C3)C1)C2. The fraction of sp³-hybridized carbons (Fsp3) is 0.920. The van der Waals surface area contributed by atoms with Gasteiger partial charge in [0.05, 0.1) is 17.9 Å². The van der Waals surface area contributed by atoms with E-state index in [-0.39, 0.29) is 18.8 Å². The molecule has 1 saturated heterocycles. The van der Waals surface area contributed by atoms with Gasteiger partial charge in [-0.05, 0) is 75.5 Å². The molecule has 7 rings (SSSR count). The monoisotopic (exact) mass is 631 g/mol. The van der Waals surface area contributed by atoms with Gasteiger partial charge in [-0.3, -0.25) is 13.8 Å². The van der Waals surface area contributed by atoms with Crippen LogP contribution in [-0.4, -0.2) is 68.6 Å². The molecule has 0 aromatic heterocycles. The first-order valence-corrected chi connectivity index (χ1v) is 16.8. The van der Waals surface area contributed by atoms with E-state index in [4.69, 9.17) is 13.7 Å². The highest BCUT2D eigenvalue weighted by Gasteiger charge is 2.72. The van der Waals surface area contributed by atoms with Crippen molar-refractivity contribution >= 4 is 32.2 Å². The zero-order valence-electron chi connectivity index (χ0n) is 21.9. The summed E-state index contributed by atoms with van der Waals surface area (Å²) in [6, 6.07) is 0. The highest BCUT2D eigenvalue weighted by atomic mass is 32.2. The van der Waals surface area contributed by atoms with Crippen LogP contribution in [0.1, 0.15) is 64.2 Å². The summed E-state index contributed by atoms with van der Waals surface area (Å²) in [6.45, 7) is -0.534. The molecule has 6 saturated carbocycles. The highest BCUT2D eigenvalue weighted by Crippen LogP contribution is 2.62. The molecule has 0 aromatic rings. The first-order valence-electron chi connectivity index (χ1n) is 14.0. The molecule has 10 nitrogen and oxygen atoms in total. The van der Waals surface area contributed by atoms with Crippen molar-refractivity contribution in [3.8, 4) is 0 Å². The molecule has 6 bridgehead atoms. The van der Waals surface area contributed by atoms with Gasteiger partial charge < -0.3 is 14.0 Å². The molecule has 6 aliphatic carbocycles. The van der Waals surface area contributed by atoms with Crippen LogP contribution in [0, 0.1) is 40.9 Å². The van der Waals surface area contributed by atoms with Crippen LogP contribution in [0.3, 0.4) is 0 Å². The minimum atomic E-state index is -6.60. The van der Waals surface area contributed by atoms with Crippen molar-refractivity contribution < 1.29 is 62.2 Å². The molecule has 0 amide bonds. The fourth-order valence-corrected chi connectivity index (χ4v) is 11.6. The fourth-order valence-electron chi connectivity index (χ4n) is 9.11. The van der Waals surface area contributed by atoms with Crippen LogP contribution >= 0.6 is 0 Å². The van der Waals surface area contributed by atoms with E-state index in [0.717, 1.165) is 38.5 Å². The lowest BCUT2D eigenvalue weighted by atomic mass is 9.49. The second kappa shape index (κ2) is 9.49. The standard InChI is InChI=1S/C25H32F4O10S2/c26-24(27,25(28,29)41(34,35)36)3-1-2-4-37-21(30)17-15-8-16-19(39-40(32,33)20(16)17)18(15)38-22(31)23-9-12-5-13(10-23)7-14(6-12)11-23/h12-20H,1-11H2,(H,34,35,36)/p-1. The first kappa shape index (κ1) is 29.5. The van der Waals surface area contributed by atoms with Crippen molar-refractivity contribution in [2.45, 2.75) is 92.8 Å². The van der Waals surface area contributed by atoms with E-state index < -0.39 is 97.5 Å². The maximum Gasteiger partial charge on any atom is 0.396 e. The molecule has 16 heteroatoms. The summed E-state index contributed by atoms with van der Waals surface area (Å²) >= 11 is 0. The van der Waals surface area contributed by atoms with E-state index in [2.05, 4.69) is 0 Å². The van der Waals surface area contributed by atoms with Crippen molar-refractivity contribution in [2.75, 3.05) is 6.61 Å². The van der Waals surface area contributed by atoms with Gasteiger partial charge in [-0.1, -0.05) is 0 Å². The summed E-state index contributed by atoms with van der Waals surface area (Å²) in [5.74, 6) is -7.50. The number of alkyl halides is 4. The lowest BCUT2D eigenvalue weighted by molar-refractivity contribution is -0.186. The smallest absolute Gasteiger partial charge is 0.396 e. The summed E-state index contributed by atoms with van der Waals surface area (Å²) in [7, 11) is -10.8. The summed E-state index contributed by atoms with van der Waals surface area (Å²) in [6.07, 6.45) is 1.22. The van der Waals surface area contributed by atoms with Crippen molar-refractivity contribution in [3.05, 3.63) is 0 Å². The first-order chi connectivity index (χ1) is 19.0. The molecule has 1 heterocycles. The summed E-state index contributed by atoms with van der Waals surface area (Å²) < 4.78 is 127. The number of halogens is 4. The average molecular weight is 632 g/mol. The van der Waals surface area contributed by atoms with E-state index in [1.807, 2.05) is 0 Å². The van der Waals surface area contributed by atoms with E-state index in [0.29, 0.717) is 17.8 Å². The van der Waals surface area contributed by atoms with Crippen LogP contribution in [0.25, 0.3) is 0 Å². The largest absolute Gasteiger partial charge is 0.743 e. The number of carbonyl (C=O) groups excluding carboxylic acids is 2. The third-order valence-electron chi connectivity index (χ3n) is 10.4. The van der Waals surface area contributed by atoms with Crippen LogP contribution in [0.15, 0.2) is 0 Å². The highest BCUT2D eigenvalue weighted by molar-refractivity contribution is 7.87. The van der Waals surface area contributed by atoms with Crippen LogP contribution in [-0.2, 0) is 43.5 Å². The minimum absolute atomic E-state index is 0.262. The average Bonchev–Trinajstić information content (AvgIpc) is 3.44. The van der Waals surface area contributed by atoms with Gasteiger partial charge in [0.15, 0.2) is 10.1 Å². The van der Waals surface area contributed by atoms with E-state index in [1.165, 1.54) is 0 Å². The van der Waals surface area contributed by atoms with Gasteiger partial charge in [-0.2, -0.15) is 26.0 Å². The summed E-state index contributed by atoms with van der Waals surface area (Å²) in [4.78, 5) is 26.6. The molecule has 0 spiro atoms. The molecular weight excluding hydrogens is 600 g/mol. The second-order valence-corrected chi connectivity index (χ2v) is 16.1. The Morgan fingerprint density at radius 3 is 2.10 bits per heavy atom. The Kier molecular flexibility index (Phi) is 6.84. The molecular formula is C25H31F4O10S2-. The van der Waals surface area contributed by atoms with Gasteiger partial charge in [-0.25, -0.2) is 8.42 Å². The second-order valence-electron chi connectivity index (χ2n) is 13.0. The number of rotatable bonds is 10. The van der Waals surface area contributed by atoms with Gasteiger partial charge in [0, 0.05) is 18.3 Å². The van der Waals surface area contributed by atoms with Crippen molar-refractivity contribution in [2.24, 2.45) is 40.9 Å². The third-order valence-corrected chi connectivity index (χ3v) is 13.1.